The second-order valence-electron chi connectivity index (χ2n) is 7.27. The van der Waals surface area contributed by atoms with Crippen LogP contribution >= 0.6 is 0 Å². The molecule has 14 heteroatoms. The van der Waals surface area contributed by atoms with E-state index in [0.717, 1.165) is 0 Å². The van der Waals surface area contributed by atoms with Crippen LogP contribution in [0.15, 0.2) is 46.1 Å². The predicted molar refractivity (Wildman–Crippen MR) is 131 cm³/mol. The number of amides is 1. The average Bonchev–Trinajstić information content (AvgIpc) is 3.55. The van der Waals surface area contributed by atoms with Crippen LogP contribution in [0, 0.1) is 0 Å². The van der Waals surface area contributed by atoms with E-state index in [2.05, 4.69) is 31.2 Å². The number of ether oxygens (including phenoxy) is 4. The molecule has 3 N–H and O–H groups in total. The van der Waals surface area contributed by atoms with E-state index >= 15 is 0 Å². The summed E-state index contributed by atoms with van der Waals surface area (Å²) in [7, 11) is 4.52. The van der Waals surface area contributed by atoms with E-state index in [1.807, 2.05) is 6.92 Å². The van der Waals surface area contributed by atoms with Gasteiger partial charge >= 0.3 is 0 Å². The van der Waals surface area contributed by atoms with Crippen molar-refractivity contribution in [1.29, 1.82) is 0 Å². The van der Waals surface area contributed by atoms with Crippen molar-refractivity contribution >= 4 is 17.9 Å². The molecule has 0 saturated carbocycles. The van der Waals surface area contributed by atoms with Gasteiger partial charge in [-0.05, 0) is 41.5 Å². The number of rotatable bonds is 10. The third-order valence-corrected chi connectivity index (χ3v) is 5.13. The SMILES string of the molecule is CCOc1ccc(-c2c(C(=O)N/N=C\c3c(OC)cc(OC)cc3OC)nnn2-c2nonc2N)cc1. The van der Waals surface area contributed by atoms with Gasteiger partial charge in [-0.25, -0.2) is 10.1 Å². The van der Waals surface area contributed by atoms with Gasteiger partial charge < -0.3 is 24.7 Å². The lowest BCUT2D eigenvalue weighted by molar-refractivity contribution is 0.0950. The van der Waals surface area contributed by atoms with Crippen molar-refractivity contribution in [3.8, 4) is 40.1 Å². The summed E-state index contributed by atoms with van der Waals surface area (Å²) < 4.78 is 27.5. The summed E-state index contributed by atoms with van der Waals surface area (Å²) >= 11 is 0. The van der Waals surface area contributed by atoms with Crippen LogP contribution in [0.25, 0.3) is 17.1 Å². The smallest absolute Gasteiger partial charge is 0.294 e. The number of nitrogens with one attached hydrogen (secondary N) is 1. The number of nitrogen functional groups attached to an aromatic ring is 1. The predicted octanol–water partition coefficient (Wildman–Crippen LogP) is 2.09. The molecule has 0 atom stereocenters. The van der Waals surface area contributed by atoms with E-state index in [1.54, 1.807) is 36.4 Å². The Labute approximate surface area is 210 Å². The lowest BCUT2D eigenvalue weighted by Gasteiger charge is -2.12. The quantitative estimate of drug-likeness (QED) is 0.237. The van der Waals surface area contributed by atoms with Crippen LogP contribution in [0.4, 0.5) is 5.82 Å². The topological polar surface area (TPSA) is 174 Å². The first-order chi connectivity index (χ1) is 18.0. The first-order valence-electron chi connectivity index (χ1n) is 10.9. The maximum Gasteiger partial charge on any atom is 0.294 e. The average molecular weight is 508 g/mol. The van der Waals surface area contributed by atoms with Crippen LogP contribution in [0.5, 0.6) is 23.0 Å². The van der Waals surface area contributed by atoms with Crippen LogP contribution < -0.4 is 30.1 Å². The van der Waals surface area contributed by atoms with Gasteiger partial charge in [0.2, 0.25) is 11.6 Å². The molecule has 0 aliphatic heterocycles. The summed E-state index contributed by atoms with van der Waals surface area (Å²) in [5.74, 6) is 1.47. The highest BCUT2D eigenvalue weighted by Gasteiger charge is 2.25. The van der Waals surface area contributed by atoms with Gasteiger partial charge in [0, 0.05) is 17.7 Å². The first kappa shape index (κ1) is 25.0. The fraction of sp³-hybridized carbons (Fsp3) is 0.217. The lowest BCUT2D eigenvalue weighted by Crippen LogP contribution is -2.19. The van der Waals surface area contributed by atoms with Gasteiger partial charge in [-0.1, -0.05) is 5.21 Å². The molecule has 2 heterocycles. The van der Waals surface area contributed by atoms with Crippen LogP contribution in [-0.4, -0.2) is 65.4 Å². The molecule has 192 valence electrons. The van der Waals surface area contributed by atoms with Gasteiger partial charge in [0.25, 0.3) is 5.91 Å². The minimum Gasteiger partial charge on any atom is -0.496 e. The number of benzene rings is 2. The van der Waals surface area contributed by atoms with E-state index in [1.165, 1.54) is 32.2 Å². The Morgan fingerprint density at radius 2 is 1.78 bits per heavy atom. The molecule has 4 rings (SSSR count). The maximum atomic E-state index is 13.1. The highest BCUT2D eigenvalue weighted by molar-refractivity contribution is 5.99. The van der Waals surface area contributed by atoms with Crippen molar-refractivity contribution in [2.24, 2.45) is 5.10 Å². The zero-order valence-electron chi connectivity index (χ0n) is 20.5. The minimum absolute atomic E-state index is 0.0271. The Kier molecular flexibility index (Phi) is 7.47. The number of aromatic nitrogens is 5. The lowest BCUT2D eigenvalue weighted by atomic mass is 10.1. The van der Waals surface area contributed by atoms with Crippen LogP contribution in [0.2, 0.25) is 0 Å². The minimum atomic E-state index is -0.646. The van der Waals surface area contributed by atoms with Crippen molar-refractivity contribution in [3.05, 3.63) is 47.7 Å². The molecule has 37 heavy (non-hydrogen) atoms. The molecule has 1 amide bonds. The number of hydrogen-bond acceptors (Lipinski definition) is 12. The van der Waals surface area contributed by atoms with Gasteiger partial charge in [-0.2, -0.15) is 9.78 Å². The van der Waals surface area contributed by atoms with Crippen molar-refractivity contribution in [2.45, 2.75) is 6.92 Å². The molecule has 0 aliphatic carbocycles. The summed E-state index contributed by atoms with van der Waals surface area (Å²) in [6.45, 7) is 2.39. The largest absolute Gasteiger partial charge is 0.496 e. The number of hydrazone groups is 1. The molecule has 2 aromatic carbocycles. The molecular formula is C23H24N8O6. The molecule has 0 bridgehead atoms. The van der Waals surface area contributed by atoms with Crippen molar-refractivity contribution in [3.63, 3.8) is 0 Å². The highest BCUT2D eigenvalue weighted by atomic mass is 16.6. The third-order valence-electron chi connectivity index (χ3n) is 5.13. The zero-order valence-corrected chi connectivity index (χ0v) is 20.5. The second kappa shape index (κ2) is 11.1. The van der Waals surface area contributed by atoms with Gasteiger partial charge in [-0.15, -0.1) is 5.10 Å². The van der Waals surface area contributed by atoms with E-state index in [9.17, 15) is 4.79 Å². The monoisotopic (exact) mass is 508 g/mol. The van der Waals surface area contributed by atoms with Crippen LogP contribution in [0.3, 0.4) is 0 Å². The third kappa shape index (κ3) is 5.12. The summed E-state index contributed by atoms with van der Waals surface area (Å²) in [5, 5.41) is 19.5. The molecule has 4 aromatic rings. The number of nitrogens with two attached hydrogens (primary N) is 1. The number of anilines is 1. The Hall–Kier alpha value is -5.14. The van der Waals surface area contributed by atoms with Crippen LogP contribution in [0.1, 0.15) is 23.0 Å². The summed E-state index contributed by atoms with van der Waals surface area (Å²) in [6.07, 6.45) is 1.38. The Morgan fingerprint density at radius 3 is 2.35 bits per heavy atom. The number of hydrogen-bond donors (Lipinski definition) is 2. The van der Waals surface area contributed by atoms with E-state index in [0.29, 0.717) is 40.7 Å². The maximum absolute atomic E-state index is 13.1. The molecule has 14 nitrogen and oxygen atoms in total. The normalized spacial score (nSPS) is 10.9. The fourth-order valence-electron chi connectivity index (χ4n) is 3.42. The first-order valence-corrected chi connectivity index (χ1v) is 10.9. The standard InChI is InChI=1S/C23H24N8O6/c1-5-36-14-8-6-13(7-9-14)20-19(26-30-31(20)22-21(24)28-37-29-22)23(32)27-25-12-16-17(34-3)10-15(33-2)11-18(16)35-4/h6-12H,5H2,1-4H3,(H2,24,28)(H,27,32)/b25-12-. The van der Waals surface area contributed by atoms with Crippen molar-refractivity contribution in [2.75, 3.05) is 33.7 Å². The van der Waals surface area contributed by atoms with Gasteiger partial charge in [0.15, 0.2) is 5.69 Å². The van der Waals surface area contributed by atoms with Gasteiger partial charge in [0.05, 0.1) is 39.7 Å². The molecule has 0 fully saturated rings. The molecule has 0 spiro atoms. The second-order valence-corrected chi connectivity index (χ2v) is 7.27. The zero-order chi connectivity index (χ0) is 26.4. The molecule has 2 aromatic heterocycles. The number of carbonyl (C=O) groups excluding carboxylic acids is 1. The Bertz CT molecular complexity index is 1390. The molecule has 0 saturated heterocycles. The van der Waals surface area contributed by atoms with Gasteiger partial charge in [0.1, 0.15) is 28.7 Å². The van der Waals surface area contributed by atoms with Crippen molar-refractivity contribution < 1.29 is 28.4 Å². The number of nitrogens with zero attached hydrogens (tertiary/aromatic N) is 6. The molecular weight excluding hydrogens is 484 g/mol. The summed E-state index contributed by atoms with van der Waals surface area (Å²) in [5.41, 5.74) is 9.63. The van der Waals surface area contributed by atoms with E-state index < -0.39 is 5.91 Å². The molecule has 0 radical (unpaired) electrons. The number of carbonyl (C=O) groups is 1. The highest BCUT2D eigenvalue weighted by Crippen LogP contribution is 2.33. The molecule has 0 unspecified atom stereocenters. The van der Waals surface area contributed by atoms with Gasteiger partial charge in [-0.3, -0.25) is 4.79 Å². The van der Waals surface area contributed by atoms with E-state index in [4.69, 9.17) is 29.3 Å². The van der Waals surface area contributed by atoms with Crippen LogP contribution in [-0.2, 0) is 0 Å². The summed E-state index contributed by atoms with van der Waals surface area (Å²) in [4.78, 5) is 13.1. The van der Waals surface area contributed by atoms with E-state index in [-0.39, 0.29) is 23.0 Å². The molecule has 0 aliphatic rings. The number of methoxy groups -OCH3 is 3. The Balaban J connectivity index is 1.68. The summed E-state index contributed by atoms with van der Waals surface area (Å²) in [6, 6.07) is 10.3. The fourth-order valence-corrected chi connectivity index (χ4v) is 3.42. The Morgan fingerprint density at radius 1 is 1.08 bits per heavy atom. The van der Waals surface area contributed by atoms with Crippen molar-refractivity contribution in [1.82, 2.24) is 30.7 Å².